The van der Waals surface area contributed by atoms with Crippen LogP contribution in [0.3, 0.4) is 0 Å². The van der Waals surface area contributed by atoms with E-state index in [1.165, 1.54) is 11.8 Å². The molecule has 0 aliphatic heterocycles. The number of thioether (sulfide) groups is 1. The van der Waals surface area contributed by atoms with Crippen LogP contribution < -0.4 is 0 Å². The predicted octanol–water partition coefficient (Wildman–Crippen LogP) is 2.59. The largest absolute Gasteiger partial charge is 0.383 e. The second kappa shape index (κ2) is 7.70. The van der Waals surface area contributed by atoms with Crippen LogP contribution >= 0.6 is 11.8 Å². The van der Waals surface area contributed by atoms with Crippen LogP contribution in [0.4, 0.5) is 0 Å². The Labute approximate surface area is 139 Å². The van der Waals surface area contributed by atoms with Crippen LogP contribution in [-0.2, 0) is 16.1 Å². The number of rotatable bonds is 6. The first-order valence-electron chi connectivity index (χ1n) is 7.81. The van der Waals surface area contributed by atoms with E-state index < -0.39 is 0 Å². The van der Waals surface area contributed by atoms with Gasteiger partial charge in [-0.3, -0.25) is 14.3 Å². The van der Waals surface area contributed by atoms with Crippen LogP contribution in [0.15, 0.2) is 29.7 Å². The minimum absolute atomic E-state index is 0.000431. The highest BCUT2D eigenvalue weighted by Gasteiger charge is 2.26. The lowest BCUT2D eigenvalue weighted by molar-refractivity contribution is -0.119. The van der Waals surface area contributed by atoms with Crippen LogP contribution in [0.1, 0.15) is 25.7 Å². The monoisotopic (exact) mass is 332 g/mol. The van der Waals surface area contributed by atoms with Crippen LogP contribution in [0.5, 0.6) is 0 Å². The summed E-state index contributed by atoms with van der Waals surface area (Å²) >= 11 is 1.53. The molecule has 1 fully saturated rings. The minimum Gasteiger partial charge on any atom is -0.383 e. The summed E-state index contributed by atoms with van der Waals surface area (Å²) in [7, 11) is 1.67. The molecule has 0 N–H and O–H groups in total. The van der Waals surface area contributed by atoms with Gasteiger partial charge in [-0.1, -0.05) is 18.2 Å². The molecule has 2 aromatic heterocycles. The number of aromatic nitrogens is 4. The molecule has 0 spiro atoms. The topological polar surface area (TPSA) is 69.9 Å². The van der Waals surface area contributed by atoms with E-state index >= 15 is 0 Å². The average molecular weight is 332 g/mol. The maximum absolute atomic E-state index is 12.1. The molecule has 0 radical (unpaired) electrons. The van der Waals surface area contributed by atoms with Gasteiger partial charge in [0.1, 0.15) is 5.78 Å². The van der Waals surface area contributed by atoms with E-state index in [9.17, 15) is 4.79 Å². The summed E-state index contributed by atoms with van der Waals surface area (Å²) in [4.78, 5) is 16.1. The minimum atomic E-state index is -0.000431. The molecule has 1 aliphatic rings. The van der Waals surface area contributed by atoms with Gasteiger partial charge in [0.2, 0.25) is 0 Å². The van der Waals surface area contributed by atoms with E-state index in [2.05, 4.69) is 15.2 Å². The Bertz CT molecular complexity index is 659. The zero-order valence-corrected chi connectivity index (χ0v) is 14.0. The number of ether oxygens (including phenoxy) is 1. The Hall–Kier alpha value is -1.73. The first-order valence-corrected chi connectivity index (χ1v) is 8.69. The van der Waals surface area contributed by atoms with Crippen LogP contribution in [0.25, 0.3) is 11.4 Å². The summed E-state index contributed by atoms with van der Waals surface area (Å²) in [6, 6.07) is 3.82. The van der Waals surface area contributed by atoms with E-state index in [1.807, 2.05) is 16.7 Å². The normalized spacial score (nSPS) is 18.3. The van der Waals surface area contributed by atoms with Gasteiger partial charge in [0, 0.05) is 31.5 Å². The molecule has 3 rings (SSSR count). The summed E-state index contributed by atoms with van der Waals surface area (Å²) in [5.74, 6) is 1.11. The number of carbonyl (C=O) groups excluding carboxylic acids is 1. The second-order valence-electron chi connectivity index (χ2n) is 5.51. The molecular weight excluding hydrogens is 312 g/mol. The standard InChI is InChI=1S/C16H20N4O2S/c1-22-11-10-20-15(12-6-8-17-9-7-12)18-19-16(20)23-14-5-3-2-4-13(14)21/h6-9,14H,2-5,10-11H2,1H3/t14-/m1/s1. The van der Waals surface area contributed by atoms with Gasteiger partial charge in [-0.05, 0) is 25.0 Å². The molecule has 1 aliphatic carbocycles. The summed E-state index contributed by atoms with van der Waals surface area (Å²) in [5.41, 5.74) is 0.963. The van der Waals surface area contributed by atoms with Crippen molar-refractivity contribution in [1.82, 2.24) is 19.7 Å². The first kappa shape index (κ1) is 16.1. The Morgan fingerprint density at radius 3 is 2.87 bits per heavy atom. The third kappa shape index (κ3) is 3.79. The summed E-state index contributed by atoms with van der Waals surface area (Å²) in [6.07, 6.45) is 7.19. The molecule has 7 heteroatoms. The summed E-state index contributed by atoms with van der Waals surface area (Å²) in [5, 5.41) is 9.43. The van der Waals surface area contributed by atoms with Crippen LogP contribution in [0.2, 0.25) is 0 Å². The summed E-state index contributed by atoms with van der Waals surface area (Å²) in [6.45, 7) is 1.23. The molecule has 0 bridgehead atoms. The first-order chi connectivity index (χ1) is 11.3. The molecule has 1 saturated carbocycles. The van der Waals surface area contributed by atoms with E-state index in [1.54, 1.807) is 19.5 Å². The molecular formula is C16H20N4O2S. The average Bonchev–Trinajstić information content (AvgIpc) is 2.98. The second-order valence-corrected chi connectivity index (χ2v) is 6.67. The number of carbonyl (C=O) groups is 1. The third-order valence-corrected chi connectivity index (χ3v) is 5.22. The molecule has 0 aromatic carbocycles. The quantitative estimate of drug-likeness (QED) is 0.810. The number of pyridine rings is 1. The van der Waals surface area contributed by atoms with Gasteiger partial charge in [0.05, 0.1) is 18.4 Å². The van der Waals surface area contributed by atoms with E-state index in [4.69, 9.17) is 4.74 Å². The number of hydrogen-bond donors (Lipinski definition) is 0. The zero-order valence-electron chi connectivity index (χ0n) is 13.1. The summed E-state index contributed by atoms with van der Waals surface area (Å²) < 4.78 is 7.24. The van der Waals surface area contributed by atoms with Crippen LogP contribution in [0, 0.1) is 0 Å². The van der Waals surface area contributed by atoms with Gasteiger partial charge < -0.3 is 4.74 Å². The van der Waals surface area contributed by atoms with Crippen molar-refractivity contribution in [3.63, 3.8) is 0 Å². The lowest BCUT2D eigenvalue weighted by atomic mass is 9.99. The van der Waals surface area contributed by atoms with Crippen molar-refractivity contribution >= 4 is 17.5 Å². The van der Waals surface area contributed by atoms with E-state index in [0.29, 0.717) is 25.4 Å². The highest BCUT2D eigenvalue weighted by molar-refractivity contribution is 8.00. The highest BCUT2D eigenvalue weighted by atomic mass is 32.2. The van der Waals surface area contributed by atoms with Crippen LogP contribution in [-0.4, -0.2) is 44.5 Å². The van der Waals surface area contributed by atoms with Crippen molar-refractivity contribution in [1.29, 1.82) is 0 Å². The van der Waals surface area contributed by atoms with Gasteiger partial charge in [0.25, 0.3) is 0 Å². The number of Topliss-reactive ketones (excluding diaryl/α,β-unsaturated/α-hetero) is 1. The van der Waals surface area contributed by atoms with Crippen molar-refractivity contribution < 1.29 is 9.53 Å². The molecule has 0 saturated heterocycles. The number of methoxy groups -OCH3 is 1. The van der Waals surface area contributed by atoms with Crippen molar-refractivity contribution in [2.24, 2.45) is 0 Å². The van der Waals surface area contributed by atoms with Crippen molar-refractivity contribution in [2.45, 2.75) is 42.6 Å². The molecule has 2 aromatic rings. The van der Waals surface area contributed by atoms with Crippen molar-refractivity contribution in [2.75, 3.05) is 13.7 Å². The fourth-order valence-electron chi connectivity index (χ4n) is 2.68. The Kier molecular flexibility index (Phi) is 5.40. The van der Waals surface area contributed by atoms with E-state index in [-0.39, 0.29) is 5.25 Å². The molecule has 6 nitrogen and oxygen atoms in total. The smallest absolute Gasteiger partial charge is 0.192 e. The molecule has 0 unspecified atom stereocenters. The number of hydrogen-bond acceptors (Lipinski definition) is 6. The Morgan fingerprint density at radius 1 is 1.30 bits per heavy atom. The van der Waals surface area contributed by atoms with Gasteiger partial charge in [-0.15, -0.1) is 10.2 Å². The molecule has 1 atom stereocenters. The fourth-order valence-corrected chi connectivity index (χ4v) is 3.86. The predicted molar refractivity (Wildman–Crippen MR) is 88.2 cm³/mol. The lowest BCUT2D eigenvalue weighted by Gasteiger charge is -2.19. The van der Waals surface area contributed by atoms with Crippen molar-refractivity contribution in [3.05, 3.63) is 24.5 Å². The number of nitrogens with zero attached hydrogens (tertiary/aromatic N) is 4. The molecule has 122 valence electrons. The van der Waals surface area contributed by atoms with Gasteiger partial charge >= 0.3 is 0 Å². The maximum Gasteiger partial charge on any atom is 0.192 e. The van der Waals surface area contributed by atoms with Gasteiger partial charge in [0.15, 0.2) is 11.0 Å². The molecule has 0 amide bonds. The molecule has 2 heterocycles. The third-order valence-electron chi connectivity index (χ3n) is 3.92. The van der Waals surface area contributed by atoms with Gasteiger partial charge in [-0.25, -0.2) is 0 Å². The van der Waals surface area contributed by atoms with Gasteiger partial charge in [-0.2, -0.15) is 0 Å². The fraction of sp³-hybridized carbons (Fsp3) is 0.500. The Morgan fingerprint density at radius 2 is 2.13 bits per heavy atom. The zero-order chi connectivity index (χ0) is 16.1. The molecule has 23 heavy (non-hydrogen) atoms. The highest BCUT2D eigenvalue weighted by Crippen LogP contribution is 2.32. The van der Waals surface area contributed by atoms with E-state index in [0.717, 1.165) is 35.8 Å². The van der Waals surface area contributed by atoms with Crippen molar-refractivity contribution in [3.8, 4) is 11.4 Å². The lowest BCUT2D eigenvalue weighted by Crippen LogP contribution is -2.22. The maximum atomic E-state index is 12.1. The number of ketones is 1. The Balaban J connectivity index is 1.87. The SMILES string of the molecule is COCCn1c(S[C@@H]2CCCCC2=O)nnc1-c1ccncc1.